The van der Waals surface area contributed by atoms with Gasteiger partial charge in [0.1, 0.15) is 17.9 Å². The topological polar surface area (TPSA) is 73.6 Å². The second kappa shape index (κ2) is 6.81. The Morgan fingerprint density at radius 1 is 1.19 bits per heavy atom. The largest absolute Gasteiger partial charge is 0.493 e. The minimum Gasteiger partial charge on any atom is -0.493 e. The number of benzene rings is 1. The van der Waals surface area contributed by atoms with Gasteiger partial charge in [-0.1, -0.05) is 11.6 Å². The maximum atomic E-state index is 14.7. The van der Waals surface area contributed by atoms with Gasteiger partial charge in [0.15, 0.2) is 17.2 Å². The minimum absolute atomic E-state index is 0.0519. The molecule has 0 unspecified atom stereocenters. The molecule has 0 radical (unpaired) electrons. The van der Waals surface area contributed by atoms with Crippen LogP contribution in [0.5, 0.6) is 11.5 Å². The van der Waals surface area contributed by atoms with Gasteiger partial charge in [-0.25, -0.2) is 4.39 Å². The molecule has 0 bridgehead atoms. The van der Waals surface area contributed by atoms with E-state index in [0.29, 0.717) is 46.8 Å². The first-order chi connectivity index (χ1) is 15.1. The van der Waals surface area contributed by atoms with Gasteiger partial charge in [-0.2, -0.15) is 0 Å². The molecule has 7 nitrogen and oxygen atoms in total. The highest BCUT2D eigenvalue weighted by Gasteiger charge is 2.31. The fourth-order valence-electron chi connectivity index (χ4n) is 4.38. The van der Waals surface area contributed by atoms with E-state index in [1.165, 1.54) is 6.07 Å². The summed E-state index contributed by atoms with van der Waals surface area (Å²) in [5, 5.41) is 12.3. The first kappa shape index (κ1) is 18.4. The third kappa shape index (κ3) is 2.82. The summed E-state index contributed by atoms with van der Waals surface area (Å²) in [5.41, 5.74) is 4.52. The molecule has 0 fully saturated rings. The number of aryl methyl sites for hydroxylation is 1. The molecule has 1 atom stereocenters. The van der Waals surface area contributed by atoms with Crippen LogP contribution in [0.2, 0.25) is 5.02 Å². The van der Waals surface area contributed by atoms with E-state index in [1.54, 1.807) is 18.6 Å². The van der Waals surface area contributed by atoms with E-state index in [4.69, 9.17) is 21.1 Å². The summed E-state index contributed by atoms with van der Waals surface area (Å²) in [7, 11) is 0. The van der Waals surface area contributed by atoms with Gasteiger partial charge in [-0.15, -0.1) is 10.2 Å². The van der Waals surface area contributed by atoms with Gasteiger partial charge in [0.2, 0.25) is 0 Å². The number of hydrogen-bond acceptors (Lipinski definition) is 6. The van der Waals surface area contributed by atoms with Crippen LogP contribution in [0.4, 0.5) is 10.2 Å². The van der Waals surface area contributed by atoms with Crippen molar-refractivity contribution in [1.82, 2.24) is 19.6 Å². The maximum absolute atomic E-state index is 14.7. The zero-order chi connectivity index (χ0) is 21.1. The lowest BCUT2D eigenvalue weighted by Gasteiger charge is -2.17. The summed E-state index contributed by atoms with van der Waals surface area (Å²) in [6, 6.07) is 6.89. The van der Waals surface area contributed by atoms with E-state index in [-0.39, 0.29) is 18.3 Å². The van der Waals surface area contributed by atoms with Crippen LogP contribution in [0.1, 0.15) is 22.6 Å². The van der Waals surface area contributed by atoms with Gasteiger partial charge in [-0.05, 0) is 36.8 Å². The Morgan fingerprint density at radius 2 is 2.03 bits per heavy atom. The van der Waals surface area contributed by atoms with Crippen molar-refractivity contribution in [3.8, 4) is 22.8 Å². The average Bonchev–Trinajstić information content (AvgIpc) is 3.40. The molecule has 0 aliphatic carbocycles. The molecule has 1 aromatic carbocycles. The van der Waals surface area contributed by atoms with Crippen molar-refractivity contribution < 1.29 is 13.9 Å². The number of hydrogen-bond donors (Lipinski definition) is 1. The Balaban J connectivity index is 1.53. The fraction of sp³-hybridized carbons (Fsp3) is 0.227. The van der Waals surface area contributed by atoms with Crippen molar-refractivity contribution in [2.24, 2.45) is 0 Å². The van der Waals surface area contributed by atoms with Gasteiger partial charge in [-0.3, -0.25) is 9.38 Å². The van der Waals surface area contributed by atoms with E-state index in [1.807, 2.05) is 23.5 Å². The van der Waals surface area contributed by atoms with Crippen LogP contribution in [0, 0.1) is 12.7 Å². The number of halogens is 2. The number of anilines is 1. The summed E-state index contributed by atoms with van der Waals surface area (Å²) in [6.45, 7) is 3.05. The first-order valence-electron chi connectivity index (χ1n) is 9.90. The molecule has 0 saturated carbocycles. The Bertz CT molecular complexity index is 1360. The van der Waals surface area contributed by atoms with Crippen LogP contribution in [0.3, 0.4) is 0 Å². The number of ether oxygens (including phenoxy) is 2. The monoisotopic (exact) mass is 437 g/mol. The third-order valence-electron chi connectivity index (χ3n) is 5.82. The van der Waals surface area contributed by atoms with E-state index in [0.717, 1.165) is 22.4 Å². The second-order valence-electron chi connectivity index (χ2n) is 7.72. The Labute approximate surface area is 181 Å². The molecule has 2 aliphatic heterocycles. The second-order valence-corrected chi connectivity index (χ2v) is 8.16. The standard InChI is InChI=1S/C22H17ClFN5O2/c1-11-4-13(23)6-25-20(11)14-5-18-22(29-10-27-28-21(14)29)26-7-15-16(24)2-3-17-19(15)12(8-30-17)9-31-18/h2-6,10,12,26H,7-9H2,1H3/t12-/m1/s1. The molecule has 3 aromatic heterocycles. The van der Waals surface area contributed by atoms with Crippen molar-refractivity contribution in [2.75, 3.05) is 18.5 Å². The highest BCUT2D eigenvalue weighted by atomic mass is 35.5. The highest BCUT2D eigenvalue weighted by molar-refractivity contribution is 6.30. The SMILES string of the molecule is Cc1cc(Cl)cnc1-c1cc2c(n3cnnc13)NCc1c(F)ccc3c1[C@H](CO3)CO2. The molecule has 0 amide bonds. The van der Waals surface area contributed by atoms with Crippen molar-refractivity contribution in [1.29, 1.82) is 0 Å². The van der Waals surface area contributed by atoms with E-state index in [2.05, 4.69) is 20.5 Å². The third-order valence-corrected chi connectivity index (χ3v) is 6.03. The number of nitrogens with one attached hydrogen (secondary N) is 1. The summed E-state index contributed by atoms with van der Waals surface area (Å²) >= 11 is 6.10. The van der Waals surface area contributed by atoms with Gasteiger partial charge >= 0.3 is 0 Å². The molecular weight excluding hydrogens is 421 g/mol. The molecule has 2 aliphatic rings. The van der Waals surface area contributed by atoms with Crippen molar-refractivity contribution in [3.05, 3.63) is 64.3 Å². The van der Waals surface area contributed by atoms with Gasteiger partial charge in [0.05, 0.1) is 29.8 Å². The molecule has 156 valence electrons. The molecule has 5 heterocycles. The predicted molar refractivity (Wildman–Crippen MR) is 113 cm³/mol. The van der Waals surface area contributed by atoms with Crippen LogP contribution in [-0.4, -0.2) is 32.8 Å². The number of pyridine rings is 2. The molecular formula is C22H17ClFN5O2. The lowest BCUT2D eigenvalue weighted by molar-refractivity contribution is 0.249. The first-order valence-corrected chi connectivity index (χ1v) is 10.3. The Kier molecular flexibility index (Phi) is 4.04. The van der Waals surface area contributed by atoms with Gasteiger partial charge in [0.25, 0.3) is 0 Å². The number of fused-ring (bicyclic) bond motifs is 3. The molecule has 0 spiro atoms. The van der Waals surface area contributed by atoms with E-state index in [9.17, 15) is 4.39 Å². The van der Waals surface area contributed by atoms with Crippen LogP contribution in [0.15, 0.2) is 36.8 Å². The highest BCUT2D eigenvalue weighted by Crippen LogP contribution is 2.42. The van der Waals surface area contributed by atoms with Crippen molar-refractivity contribution >= 4 is 23.1 Å². The lowest BCUT2D eigenvalue weighted by atomic mass is 9.96. The molecule has 31 heavy (non-hydrogen) atoms. The normalized spacial score (nSPS) is 16.9. The zero-order valence-electron chi connectivity index (χ0n) is 16.5. The average molecular weight is 438 g/mol. The Hall–Kier alpha value is -3.39. The minimum atomic E-state index is -0.261. The van der Waals surface area contributed by atoms with Crippen LogP contribution in [-0.2, 0) is 6.54 Å². The van der Waals surface area contributed by atoms with Crippen molar-refractivity contribution in [2.45, 2.75) is 19.4 Å². The summed E-state index contributed by atoms with van der Waals surface area (Å²) < 4.78 is 28.5. The summed E-state index contributed by atoms with van der Waals surface area (Å²) in [6.07, 6.45) is 3.21. The molecule has 4 aromatic rings. The predicted octanol–water partition coefficient (Wildman–Crippen LogP) is 4.37. The Morgan fingerprint density at radius 3 is 2.87 bits per heavy atom. The number of nitrogens with zero attached hydrogens (tertiary/aromatic N) is 4. The zero-order valence-corrected chi connectivity index (χ0v) is 17.3. The summed E-state index contributed by atoms with van der Waals surface area (Å²) in [4.78, 5) is 4.51. The van der Waals surface area contributed by atoms with Crippen LogP contribution in [0.25, 0.3) is 16.9 Å². The summed E-state index contributed by atoms with van der Waals surface area (Å²) in [5.74, 6) is 1.67. The smallest absolute Gasteiger partial charge is 0.171 e. The van der Waals surface area contributed by atoms with Gasteiger partial charge < -0.3 is 14.8 Å². The van der Waals surface area contributed by atoms with E-state index < -0.39 is 0 Å². The quantitative estimate of drug-likeness (QED) is 0.476. The lowest BCUT2D eigenvalue weighted by Crippen LogP contribution is -2.13. The van der Waals surface area contributed by atoms with E-state index >= 15 is 0 Å². The number of aromatic nitrogens is 4. The van der Waals surface area contributed by atoms with Crippen molar-refractivity contribution in [3.63, 3.8) is 0 Å². The molecule has 6 rings (SSSR count). The molecule has 1 N–H and O–H groups in total. The molecule has 9 heteroatoms. The fourth-order valence-corrected chi connectivity index (χ4v) is 4.59. The van der Waals surface area contributed by atoms with Crippen LogP contribution < -0.4 is 14.8 Å². The number of rotatable bonds is 1. The molecule has 0 saturated heterocycles. The van der Waals surface area contributed by atoms with Gasteiger partial charge in [0, 0.05) is 29.4 Å². The maximum Gasteiger partial charge on any atom is 0.171 e. The van der Waals surface area contributed by atoms with Crippen LogP contribution >= 0.6 is 11.6 Å².